The molecule has 0 bridgehead atoms. The van der Waals surface area contributed by atoms with Crippen LogP contribution in [0.2, 0.25) is 0 Å². The average Bonchev–Trinajstić information content (AvgIpc) is 2.47. The number of esters is 1. The summed E-state index contributed by atoms with van der Waals surface area (Å²) in [5.41, 5.74) is 0.684. The zero-order valence-corrected chi connectivity index (χ0v) is 11.0. The Morgan fingerprint density at radius 2 is 1.68 bits per heavy atom. The van der Waals surface area contributed by atoms with Crippen LogP contribution in [-0.2, 0) is 4.74 Å². The van der Waals surface area contributed by atoms with E-state index < -0.39 is 0 Å². The van der Waals surface area contributed by atoms with E-state index in [0.29, 0.717) is 5.56 Å². The van der Waals surface area contributed by atoms with Crippen molar-refractivity contribution < 1.29 is 9.53 Å². The van der Waals surface area contributed by atoms with E-state index in [2.05, 4.69) is 0 Å². The molecule has 19 heavy (non-hydrogen) atoms. The van der Waals surface area contributed by atoms with E-state index in [4.69, 9.17) is 4.74 Å². The van der Waals surface area contributed by atoms with Crippen LogP contribution < -0.4 is 0 Å². The molecule has 0 heterocycles. The highest BCUT2D eigenvalue weighted by Gasteiger charge is 2.19. The van der Waals surface area contributed by atoms with E-state index in [1.165, 1.54) is 19.3 Å². The third-order valence-electron chi connectivity index (χ3n) is 3.84. The van der Waals surface area contributed by atoms with Gasteiger partial charge in [0.05, 0.1) is 5.56 Å². The van der Waals surface area contributed by atoms with Crippen LogP contribution in [0.15, 0.2) is 42.5 Å². The molecule has 0 radical (unpaired) electrons. The standard InChI is InChI=1S/C17H18O2/c18-17(19-14-9-2-1-3-10-14)16-12-6-8-13-7-4-5-11-15(13)16/h4-8,11-12,14H,1-3,9-10H2. The summed E-state index contributed by atoms with van der Waals surface area (Å²) in [4.78, 5) is 12.3. The number of fused-ring (bicyclic) bond motifs is 1. The lowest BCUT2D eigenvalue weighted by Crippen LogP contribution is -2.21. The number of ether oxygens (including phenoxy) is 1. The summed E-state index contributed by atoms with van der Waals surface area (Å²) in [6.07, 6.45) is 5.75. The van der Waals surface area contributed by atoms with Gasteiger partial charge in [-0.3, -0.25) is 0 Å². The zero-order valence-electron chi connectivity index (χ0n) is 11.0. The minimum atomic E-state index is -0.177. The predicted octanol–water partition coefficient (Wildman–Crippen LogP) is 4.33. The molecule has 2 aromatic carbocycles. The monoisotopic (exact) mass is 254 g/mol. The van der Waals surface area contributed by atoms with Crippen molar-refractivity contribution in [1.29, 1.82) is 0 Å². The van der Waals surface area contributed by atoms with Crippen molar-refractivity contribution in [1.82, 2.24) is 0 Å². The van der Waals surface area contributed by atoms with Gasteiger partial charge in [-0.2, -0.15) is 0 Å². The minimum Gasteiger partial charge on any atom is -0.459 e. The van der Waals surface area contributed by atoms with Crippen LogP contribution in [-0.4, -0.2) is 12.1 Å². The largest absolute Gasteiger partial charge is 0.459 e. The maximum Gasteiger partial charge on any atom is 0.339 e. The van der Waals surface area contributed by atoms with E-state index in [0.717, 1.165) is 23.6 Å². The molecule has 0 aliphatic heterocycles. The molecule has 0 saturated heterocycles. The van der Waals surface area contributed by atoms with Gasteiger partial charge in [0.1, 0.15) is 6.10 Å². The summed E-state index contributed by atoms with van der Waals surface area (Å²) in [6.45, 7) is 0. The molecule has 1 fully saturated rings. The predicted molar refractivity (Wildman–Crippen MR) is 76.2 cm³/mol. The minimum absolute atomic E-state index is 0.111. The van der Waals surface area contributed by atoms with Gasteiger partial charge in [-0.15, -0.1) is 0 Å². The zero-order chi connectivity index (χ0) is 13.1. The van der Waals surface area contributed by atoms with Crippen LogP contribution in [0, 0.1) is 0 Å². The molecule has 0 amide bonds. The summed E-state index contributed by atoms with van der Waals surface area (Å²) in [5, 5.41) is 2.06. The topological polar surface area (TPSA) is 26.3 Å². The SMILES string of the molecule is O=C(OC1CCCCC1)c1cccc2ccccc12. The summed E-state index contributed by atoms with van der Waals surface area (Å²) in [5.74, 6) is -0.177. The van der Waals surface area contributed by atoms with Crippen molar-refractivity contribution in [2.24, 2.45) is 0 Å². The average molecular weight is 254 g/mol. The number of carbonyl (C=O) groups is 1. The lowest BCUT2D eigenvalue weighted by atomic mass is 9.97. The number of hydrogen-bond donors (Lipinski definition) is 0. The van der Waals surface area contributed by atoms with E-state index in [1.54, 1.807) is 0 Å². The summed E-state index contributed by atoms with van der Waals surface area (Å²) < 4.78 is 5.65. The third kappa shape index (κ3) is 2.62. The smallest absolute Gasteiger partial charge is 0.339 e. The molecular weight excluding hydrogens is 236 g/mol. The molecule has 0 aromatic heterocycles. The number of hydrogen-bond acceptors (Lipinski definition) is 2. The van der Waals surface area contributed by atoms with Crippen LogP contribution in [0.25, 0.3) is 10.8 Å². The second-order valence-corrected chi connectivity index (χ2v) is 5.19. The molecule has 98 valence electrons. The van der Waals surface area contributed by atoms with Crippen molar-refractivity contribution in [2.45, 2.75) is 38.2 Å². The maximum absolute atomic E-state index is 12.3. The molecule has 1 saturated carbocycles. The molecule has 0 N–H and O–H groups in total. The van der Waals surface area contributed by atoms with Crippen LogP contribution in [0.5, 0.6) is 0 Å². The van der Waals surface area contributed by atoms with Crippen molar-refractivity contribution in [2.75, 3.05) is 0 Å². The third-order valence-corrected chi connectivity index (χ3v) is 3.84. The van der Waals surface area contributed by atoms with Crippen molar-refractivity contribution in [3.05, 3.63) is 48.0 Å². The summed E-state index contributed by atoms with van der Waals surface area (Å²) in [6, 6.07) is 13.7. The van der Waals surface area contributed by atoms with Gasteiger partial charge < -0.3 is 4.74 Å². The first-order valence-electron chi connectivity index (χ1n) is 7.03. The van der Waals surface area contributed by atoms with Gasteiger partial charge in [0.15, 0.2) is 0 Å². The van der Waals surface area contributed by atoms with E-state index in [-0.39, 0.29) is 12.1 Å². The van der Waals surface area contributed by atoms with Gasteiger partial charge in [-0.25, -0.2) is 4.79 Å². The van der Waals surface area contributed by atoms with E-state index >= 15 is 0 Å². The molecular formula is C17H18O2. The highest BCUT2D eigenvalue weighted by atomic mass is 16.5. The maximum atomic E-state index is 12.3. The molecule has 1 aliphatic rings. The normalized spacial score (nSPS) is 16.4. The fraction of sp³-hybridized carbons (Fsp3) is 0.353. The fourth-order valence-corrected chi connectivity index (χ4v) is 2.80. The molecule has 2 aromatic rings. The Labute approximate surface area is 113 Å². The second kappa shape index (κ2) is 5.43. The van der Waals surface area contributed by atoms with Crippen molar-refractivity contribution in [3.63, 3.8) is 0 Å². The molecule has 0 unspecified atom stereocenters. The highest BCUT2D eigenvalue weighted by Crippen LogP contribution is 2.24. The van der Waals surface area contributed by atoms with Crippen LogP contribution >= 0.6 is 0 Å². The Morgan fingerprint density at radius 1 is 0.947 bits per heavy atom. The van der Waals surface area contributed by atoms with Gasteiger partial charge in [0, 0.05) is 0 Å². The van der Waals surface area contributed by atoms with Crippen molar-refractivity contribution in [3.8, 4) is 0 Å². The van der Waals surface area contributed by atoms with Gasteiger partial charge in [-0.05, 0) is 42.5 Å². The molecule has 1 aliphatic carbocycles. The first-order valence-corrected chi connectivity index (χ1v) is 7.03. The Bertz CT molecular complexity index is 577. The Kier molecular flexibility index (Phi) is 3.49. The highest BCUT2D eigenvalue weighted by molar-refractivity contribution is 6.04. The first-order chi connectivity index (χ1) is 9.34. The molecule has 0 atom stereocenters. The number of carbonyl (C=O) groups excluding carboxylic acids is 1. The lowest BCUT2D eigenvalue weighted by molar-refractivity contribution is 0.0213. The van der Waals surface area contributed by atoms with Crippen LogP contribution in [0.1, 0.15) is 42.5 Å². The van der Waals surface area contributed by atoms with E-state index in [9.17, 15) is 4.79 Å². The van der Waals surface area contributed by atoms with Gasteiger partial charge in [0.2, 0.25) is 0 Å². The first kappa shape index (κ1) is 12.2. The van der Waals surface area contributed by atoms with E-state index in [1.807, 2.05) is 42.5 Å². The molecule has 2 nitrogen and oxygen atoms in total. The Balaban J connectivity index is 1.85. The van der Waals surface area contributed by atoms with Crippen LogP contribution in [0.3, 0.4) is 0 Å². The Morgan fingerprint density at radius 3 is 2.53 bits per heavy atom. The molecule has 2 heteroatoms. The van der Waals surface area contributed by atoms with Gasteiger partial charge in [0.25, 0.3) is 0 Å². The quantitative estimate of drug-likeness (QED) is 0.746. The second-order valence-electron chi connectivity index (χ2n) is 5.19. The van der Waals surface area contributed by atoms with Gasteiger partial charge in [-0.1, -0.05) is 42.8 Å². The van der Waals surface area contributed by atoms with Crippen LogP contribution in [0.4, 0.5) is 0 Å². The van der Waals surface area contributed by atoms with Gasteiger partial charge >= 0.3 is 5.97 Å². The summed E-state index contributed by atoms with van der Waals surface area (Å²) in [7, 11) is 0. The van der Waals surface area contributed by atoms with Crippen molar-refractivity contribution >= 4 is 16.7 Å². The number of rotatable bonds is 2. The summed E-state index contributed by atoms with van der Waals surface area (Å²) >= 11 is 0. The molecule has 3 rings (SSSR count). The fourth-order valence-electron chi connectivity index (χ4n) is 2.80. The number of benzene rings is 2. The molecule has 0 spiro atoms. The Hall–Kier alpha value is -1.83. The lowest BCUT2D eigenvalue weighted by Gasteiger charge is -2.22.